The number of aromatic nitrogens is 2. The molecule has 428 valence electrons. The minimum atomic E-state index is -3.52. The summed E-state index contributed by atoms with van der Waals surface area (Å²) in [5, 5.41) is 9.59. The van der Waals surface area contributed by atoms with Gasteiger partial charge in [0.25, 0.3) is 8.53 Å². The molecule has 3 heterocycles. The van der Waals surface area contributed by atoms with E-state index in [1.54, 1.807) is 26.8 Å². The zero-order valence-electron chi connectivity index (χ0n) is 48.5. The first-order valence-electron chi connectivity index (χ1n) is 27.7. The molecule has 16 nitrogen and oxygen atoms in total. The number of unbranched alkanes of at least 4 members (excludes halogenated alkanes) is 1. The lowest BCUT2D eigenvalue weighted by molar-refractivity contribution is -0.0925. The zero-order chi connectivity index (χ0) is 57.6. The largest absolute Gasteiger partial charge is 0.497 e. The molecule has 5 unspecified atom stereocenters. The van der Waals surface area contributed by atoms with Crippen molar-refractivity contribution in [2.24, 2.45) is 16.8 Å². The molecule has 1 fully saturated rings. The van der Waals surface area contributed by atoms with Gasteiger partial charge >= 0.3 is 13.3 Å². The van der Waals surface area contributed by atoms with Crippen molar-refractivity contribution in [3.63, 3.8) is 0 Å². The second-order valence-corrected chi connectivity index (χ2v) is 25.4. The van der Waals surface area contributed by atoms with Crippen LogP contribution in [-0.2, 0) is 38.8 Å². The molecular formula is C62H80N6O10P2. The molecule has 0 amide bonds. The first kappa shape index (κ1) is 61.7. The number of benzene rings is 4. The first-order valence-corrected chi connectivity index (χ1v) is 30.5. The summed E-state index contributed by atoms with van der Waals surface area (Å²) in [6.45, 7) is 22.4. The van der Waals surface area contributed by atoms with E-state index < -0.39 is 51.4 Å². The van der Waals surface area contributed by atoms with Gasteiger partial charge < -0.3 is 37.4 Å². The van der Waals surface area contributed by atoms with Gasteiger partial charge in [-0.2, -0.15) is 10.2 Å². The highest BCUT2D eigenvalue weighted by Crippen LogP contribution is 2.60. The van der Waals surface area contributed by atoms with E-state index in [1.807, 2.05) is 117 Å². The third-order valence-electron chi connectivity index (χ3n) is 13.6. The first-order chi connectivity index (χ1) is 38.3. The fourth-order valence-corrected chi connectivity index (χ4v) is 13.9. The summed E-state index contributed by atoms with van der Waals surface area (Å²) in [7, 11) is -2.02. The van der Waals surface area contributed by atoms with E-state index in [-0.39, 0.29) is 50.1 Å². The van der Waals surface area contributed by atoms with Crippen LogP contribution in [0.4, 0.5) is 5.82 Å². The maximum Gasteiger partial charge on any atom is 0.380 e. The Morgan fingerprint density at radius 1 is 0.863 bits per heavy atom. The highest BCUT2D eigenvalue weighted by molar-refractivity contribution is 7.54. The van der Waals surface area contributed by atoms with Crippen LogP contribution in [0.3, 0.4) is 0 Å². The van der Waals surface area contributed by atoms with Crippen LogP contribution < -0.4 is 19.7 Å². The minimum absolute atomic E-state index is 0.0114. The van der Waals surface area contributed by atoms with Crippen LogP contribution in [0.1, 0.15) is 129 Å². The zero-order valence-corrected chi connectivity index (χ0v) is 50.3. The molecule has 0 aliphatic carbocycles. The minimum Gasteiger partial charge on any atom is -0.497 e. The van der Waals surface area contributed by atoms with Crippen LogP contribution in [0.5, 0.6) is 17.2 Å². The Hall–Kier alpha value is -5.90. The standard InChI is InChI=1S/C62H80N6O10P2/c1-44(2)39-66(40-45(3)4)43-64-59-48(22-15-14-20-37-80(70)77-55-26-19-18-25-54(55)61(9,10)78-80)41-67(60(69)65-59)58-38-56(76-79(74-36-21-35-63)68(46(5)6)47(7)8)57(75-58)42-73-62(49-23-16-13-17-24-49,50-27-31-52(71-11)32-28-50)51-29-33-53(72-12)34-30-51/h13,16-19,23-34,41,43-47,56-58H,14,20-21,36-40,42H2,1-12H3/b64-43+. The predicted octanol–water partition coefficient (Wildman–Crippen LogP) is 13.2. The molecular weight excluding hydrogens is 1050 g/mol. The van der Waals surface area contributed by atoms with Gasteiger partial charge in [0, 0.05) is 49.8 Å². The van der Waals surface area contributed by atoms with Gasteiger partial charge in [-0.3, -0.25) is 9.09 Å². The maximum atomic E-state index is 14.6. The van der Waals surface area contributed by atoms with Crippen LogP contribution in [0.25, 0.3) is 0 Å². The van der Waals surface area contributed by atoms with Crippen molar-refractivity contribution in [2.45, 2.75) is 137 Å². The van der Waals surface area contributed by atoms with E-state index >= 15 is 0 Å². The molecule has 1 aromatic heterocycles. The van der Waals surface area contributed by atoms with Crippen molar-refractivity contribution >= 4 is 28.3 Å². The lowest BCUT2D eigenvalue weighted by atomic mass is 9.80. The lowest BCUT2D eigenvalue weighted by Crippen LogP contribution is -2.39. The number of nitrogens with zero attached hydrogens (tertiary/aromatic N) is 6. The molecule has 0 radical (unpaired) electrons. The van der Waals surface area contributed by atoms with Crippen LogP contribution in [-0.4, -0.2) is 96.4 Å². The molecule has 1 saturated heterocycles. The molecule has 2 aliphatic rings. The highest BCUT2D eigenvalue weighted by atomic mass is 31.2. The fraction of sp³-hybridized carbons (Fsp3) is 0.484. The summed E-state index contributed by atoms with van der Waals surface area (Å²) in [5.41, 5.74) is 1.16. The molecule has 0 bridgehead atoms. The molecule has 5 aromatic rings. The third-order valence-corrected chi connectivity index (χ3v) is 17.8. The average Bonchev–Trinajstić information content (AvgIpc) is 3.92. The van der Waals surface area contributed by atoms with Gasteiger partial charge in [-0.1, -0.05) is 112 Å². The van der Waals surface area contributed by atoms with Gasteiger partial charge in [-0.15, -0.1) is 0 Å². The van der Waals surface area contributed by atoms with Gasteiger partial charge in [-0.05, 0) is 107 Å². The molecule has 0 N–H and O–H groups in total. The summed E-state index contributed by atoms with van der Waals surface area (Å²) in [4.78, 5) is 26.2. The maximum absolute atomic E-state index is 14.6. The van der Waals surface area contributed by atoms with Gasteiger partial charge in [0.15, 0.2) is 5.82 Å². The van der Waals surface area contributed by atoms with E-state index in [0.29, 0.717) is 47.5 Å². The number of hydrogen-bond donors (Lipinski definition) is 0. The molecule has 0 spiro atoms. The number of hydrogen-bond acceptors (Lipinski definition) is 14. The molecule has 7 rings (SSSR count). The van der Waals surface area contributed by atoms with Crippen molar-refractivity contribution in [3.05, 3.63) is 148 Å². The Kier molecular flexibility index (Phi) is 21.7. The Balaban J connectivity index is 1.29. The molecule has 80 heavy (non-hydrogen) atoms. The summed E-state index contributed by atoms with van der Waals surface area (Å²) in [6, 6.07) is 35.3. The Labute approximate surface area is 475 Å². The molecule has 0 saturated carbocycles. The van der Waals surface area contributed by atoms with E-state index in [1.165, 1.54) is 4.57 Å². The predicted molar refractivity (Wildman–Crippen MR) is 315 cm³/mol. The average molecular weight is 1130 g/mol. The summed E-state index contributed by atoms with van der Waals surface area (Å²) >= 11 is 0. The Bertz CT molecular complexity index is 2980. The number of aliphatic imine (C=N–C) groups is 1. The van der Waals surface area contributed by atoms with Gasteiger partial charge in [0.2, 0.25) is 0 Å². The van der Waals surface area contributed by atoms with Crippen LogP contribution in [0.2, 0.25) is 0 Å². The SMILES string of the molecule is COc1ccc(C(OCC2OC(n3cc(C#CCCCP4(=O)Oc5ccccc5C(C)(C)O4)c(/N=C/N(CC(C)C)CC(C)C)nc3=O)CC2OP(OCCC#N)N(C(C)C)C(C)C)(c2ccccc2)c2ccc(OC)cc2)cc1. The van der Waals surface area contributed by atoms with Crippen LogP contribution >= 0.6 is 16.1 Å². The van der Waals surface area contributed by atoms with Crippen LogP contribution in [0, 0.1) is 35.0 Å². The van der Waals surface area contributed by atoms with Gasteiger partial charge in [0.1, 0.15) is 40.8 Å². The topological polar surface area (TPSA) is 168 Å². The van der Waals surface area contributed by atoms with E-state index in [0.717, 1.165) is 35.3 Å². The van der Waals surface area contributed by atoms with Crippen molar-refractivity contribution < 1.29 is 41.6 Å². The number of rotatable bonds is 26. The fourth-order valence-electron chi connectivity index (χ4n) is 10.1. The summed E-state index contributed by atoms with van der Waals surface area (Å²) in [6.07, 6.45) is 2.30. The summed E-state index contributed by atoms with van der Waals surface area (Å²) in [5.74, 6) is 9.33. The second-order valence-electron chi connectivity index (χ2n) is 22.0. The number of para-hydroxylation sites is 1. The molecule has 2 aliphatic heterocycles. The normalized spacial score (nSPS) is 19.2. The monoisotopic (exact) mass is 1130 g/mol. The van der Waals surface area contributed by atoms with Crippen LogP contribution in [0.15, 0.2) is 119 Å². The number of ether oxygens (including phenoxy) is 4. The highest BCUT2D eigenvalue weighted by Gasteiger charge is 2.46. The number of methoxy groups -OCH3 is 2. The third kappa shape index (κ3) is 15.5. The molecule has 18 heteroatoms. The lowest BCUT2D eigenvalue weighted by Gasteiger charge is -2.39. The number of fused-ring (bicyclic) bond motifs is 1. The second kappa shape index (κ2) is 28.2. The van der Waals surface area contributed by atoms with Crippen molar-refractivity contribution in [1.82, 2.24) is 19.1 Å². The van der Waals surface area contributed by atoms with E-state index in [9.17, 15) is 14.6 Å². The van der Waals surface area contributed by atoms with Gasteiger partial charge in [-0.25, -0.2) is 19.0 Å². The van der Waals surface area contributed by atoms with E-state index in [2.05, 4.69) is 87.9 Å². The Morgan fingerprint density at radius 3 is 2.05 bits per heavy atom. The Morgan fingerprint density at radius 2 is 1.46 bits per heavy atom. The van der Waals surface area contributed by atoms with E-state index in [4.69, 9.17) is 42.0 Å². The van der Waals surface area contributed by atoms with Crippen molar-refractivity contribution in [2.75, 3.05) is 46.7 Å². The quantitative estimate of drug-likeness (QED) is 0.0128. The number of nitriles is 1. The molecule has 5 atom stereocenters. The van der Waals surface area contributed by atoms with Gasteiger partial charge in [0.05, 0.1) is 64.1 Å². The molecule has 4 aromatic carbocycles. The summed E-state index contributed by atoms with van der Waals surface area (Å²) < 4.78 is 69.2. The van der Waals surface area contributed by atoms with Crippen molar-refractivity contribution in [3.8, 4) is 35.2 Å². The smallest absolute Gasteiger partial charge is 0.380 e. The van der Waals surface area contributed by atoms with Crippen molar-refractivity contribution in [1.29, 1.82) is 5.26 Å².